The molecule has 19 heavy (non-hydrogen) atoms. The van der Waals surface area contributed by atoms with Crippen molar-refractivity contribution in [3.8, 4) is 5.75 Å². The minimum Gasteiger partial charge on any atom is -0.493 e. The van der Waals surface area contributed by atoms with Crippen LogP contribution in [0, 0.1) is 6.92 Å². The average molecular weight is 261 g/mol. The molecule has 1 unspecified atom stereocenters. The first kappa shape index (κ1) is 15.8. The minimum atomic E-state index is 0.316. The average Bonchev–Trinajstić information content (AvgIpc) is 2.42. The molecule has 0 saturated heterocycles. The molecular formula is C17H27NO. The first-order chi connectivity index (χ1) is 9.19. The maximum atomic E-state index is 5.96. The monoisotopic (exact) mass is 261 g/mol. The van der Waals surface area contributed by atoms with Crippen LogP contribution in [0.3, 0.4) is 0 Å². The minimum absolute atomic E-state index is 0.316. The summed E-state index contributed by atoms with van der Waals surface area (Å²) in [6, 6.07) is 6.74. The standard InChI is InChI=1S/C17H27NO/c1-5-6-7-8-9-12-19-17-13-14(2)10-11-16(17)15(3)18-4/h5,10-11,13,15,18H,1,6-9,12H2,2-4H3. The lowest BCUT2D eigenvalue weighted by Crippen LogP contribution is -2.14. The second-order valence-electron chi connectivity index (χ2n) is 5.04. The molecule has 0 heterocycles. The van der Waals surface area contributed by atoms with Crippen molar-refractivity contribution in [3.05, 3.63) is 42.0 Å². The maximum absolute atomic E-state index is 5.96. The predicted octanol–water partition coefficient (Wildman–Crippen LogP) is 4.40. The van der Waals surface area contributed by atoms with Crippen LogP contribution in [0.2, 0.25) is 0 Å². The van der Waals surface area contributed by atoms with Crippen molar-refractivity contribution < 1.29 is 4.74 Å². The molecule has 1 N–H and O–H groups in total. The zero-order chi connectivity index (χ0) is 14.1. The van der Waals surface area contributed by atoms with Crippen LogP contribution in [0.4, 0.5) is 0 Å². The largest absolute Gasteiger partial charge is 0.493 e. The molecule has 2 nitrogen and oxygen atoms in total. The van der Waals surface area contributed by atoms with Gasteiger partial charge in [-0.25, -0.2) is 0 Å². The predicted molar refractivity (Wildman–Crippen MR) is 82.8 cm³/mol. The highest BCUT2D eigenvalue weighted by molar-refractivity contribution is 5.39. The van der Waals surface area contributed by atoms with Crippen LogP contribution in [-0.4, -0.2) is 13.7 Å². The van der Waals surface area contributed by atoms with Crippen LogP contribution in [0.5, 0.6) is 5.75 Å². The summed E-state index contributed by atoms with van der Waals surface area (Å²) in [5.41, 5.74) is 2.48. The topological polar surface area (TPSA) is 21.3 Å². The number of allylic oxidation sites excluding steroid dienone is 1. The van der Waals surface area contributed by atoms with Crippen molar-refractivity contribution in [2.45, 2.75) is 45.6 Å². The summed E-state index contributed by atoms with van der Waals surface area (Å²) in [6.07, 6.45) is 6.60. The lowest BCUT2D eigenvalue weighted by atomic mass is 10.1. The molecule has 1 aromatic rings. The van der Waals surface area contributed by atoms with Gasteiger partial charge < -0.3 is 10.1 Å². The molecule has 1 rings (SSSR count). The Hall–Kier alpha value is -1.28. The van der Waals surface area contributed by atoms with Gasteiger partial charge >= 0.3 is 0 Å². The quantitative estimate of drug-likeness (QED) is 0.525. The highest BCUT2D eigenvalue weighted by Gasteiger charge is 2.09. The fourth-order valence-corrected chi connectivity index (χ4v) is 2.03. The Kier molecular flexibility index (Phi) is 7.27. The van der Waals surface area contributed by atoms with Crippen LogP contribution in [0.1, 0.15) is 49.8 Å². The van der Waals surface area contributed by atoms with Crippen molar-refractivity contribution in [2.24, 2.45) is 0 Å². The fourth-order valence-electron chi connectivity index (χ4n) is 2.03. The lowest BCUT2D eigenvalue weighted by molar-refractivity contribution is 0.300. The van der Waals surface area contributed by atoms with Gasteiger partial charge in [0.15, 0.2) is 0 Å². The van der Waals surface area contributed by atoms with Gasteiger partial charge in [-0.3, -0.25) is 0 Å². The van der Waals surface area contributed by atoms with Gasteiger partial charge in [-0.2, -0.15) is 0 Å². The van der Waals surface area contributed by atoms with Gasteiger partial charge in [-0.15, -0.1) is 6.58 Å². The number of nitrogens with one attached hydrogen (secondary N) is 1. The summed E-state index contributed by atoms with van der Waals surface area (Å²) in [5.74, 6) is 1.02. The van der Waals surface area contributed by atoms with E-state index in [1.54, 1.807) is 0 Å². The van der Waals surface area contributed by atoms with E-state index in [2.05, 4.69) is 43.9 Å². The second kappa shape index (κ2) is 8.76. The first-order valence-corrected chi connectivity index (χ1v) is 7.20. The Labute approximate surface area is 117 Å². The van der Waals surface area contributed by atoms with Gasteiger partial charge in [-0.1, -0.05) is 18.2 Å². The molecule has 0 aromatic heterocycles. The summed E-state index contributed by atoms with van der Waals surface area (Å²) in [7, 11) is 1.98. The molecule has 2 heteroatoms. The number of ether oxygens (including phenoxy) is 1. The number of hydrogen-bond donors (Lipinski definition) is 1. The molecular weight excluding hydrogens is 234 g/mol. The highest BCUT2D eigenvalue weighted by atomic mass is 16.5. The Balaban J connectivity index is 2.51. The third kappa shape index (κ3) is 5.48. The van der Waals surface area contributed by atoms with E-state index in [-0.39, 0.29) is 0 Å². The third-order valence-corrected chi connectivity index (χ3v) is 3.38. The smallest absolute Gasteiger partial charge is 0.124 e. The van der Waals surface area contributed by atoms with Crippen molar-refractivity contribution in [1.29, 1.82) is 0 Å². The van der Waals surface area contributed by atoms with E-state index in [9.17, 15) is 0 Å². The van der Waals surface area contributed by atoms with Gasteiger partial charge in [0.25, 0.3) is 0 Å². The van der Waals surface area contributed by atoms with Crippen molar-refractivity contribution in [3.63, 3.8) is 0 Å². The molecule has 0 saturated carbocycles. The molecule has 0 aliphatic heterocycles. The molecule has 1 aromatic carbocycles. The number of hydrogen-bond acceptors (Lipinski definition) is 2. The number of unbranched alkanes of at least 4 members (excludes halogenated alkanes) is 3. The summed E-state index contributed by atoms with van der Waals surface area (Å²) >= 11 is 0. The Morgan fingerprint density at radius 2 is 2.11 bits per heavy atom. The van der Waals surface area contributed by atoms with Gasteiger partial charge in [0, 0.05) is 11.6 Å². The van der Waals surface area contributed by atoms with E-state index >= 15 is 0 Å². The van der Waals surface area contributed by atoms with Crippen molar-refractivity contribution in [2.75, 3.05) is 13.7 Å². The fraction of sp³-hybridized carbons (Fsp3) is 0.529. The Morgan fingerprint density at radius 1 is 1.32 bits per heavy atom. The number of benzene rings is 1. The third-order valence-electron chi connectivity index (χ3n) is 3.38. The van der Waals surface area contributed by atoms with E-state index in [4.69, 9.17) is 4.74 Å². The van der Waals surface area contributed by atoms with Crippen LogP contribution < -0.4 is 10.1 Å². The SMILES string of the molecule is C=CCCCCCOc1cc(C)ccc1C(C)NC. The molecule has 0 fully saturated rings. The Bertz CT molecular complexity index is 387. The molecule has 1 atom stereocenters. The van der Waals surface area contributed by atoms with Gasteiger partial charge in [0.2, 0.25) is 0 Å². The van der Waals surface area contributed by atoms with Crippen LogP contribution in [0.15, 0.2) is 30.9 Å². The molecule has 0 aliphatic rings. The van der Waals surface area contributed by atoms with Crippen LogP contribution in [0.25, 0.3) is 0 Å². The number of aryl methyl sites for hydroxylation is 1. The second-order valence-corrected chi connectivity index (χ2v) is 5.04. The summed E-state index contributed by atoms with van der Waals surface area (Å²) in [6.45, 7) is 8.79. The van der Waals surface area contributed by atoms with Gasteiger partial charge in [0.05, 0.1) is 6.61 Å². The van der Waals surface area contributed by atoms with E-state index in [0.29, 0.717) is 6.04 Å². The summed E-state index contributed by atoms with van der Waals surface area (Å²) < 4.78 is 5.96. The van der Waals surface area contributed by atoms with E-state index in [0.717, 1.165) is 25.2 Å². The van der Waals surface area contributed by atoms with E-state index in [1.807, 2.05) is 13.1 Å². The van der Waals surface area contributed by atoms with Crippen molar-refractivity contribution >= 4 is 0 Å². The van der Waals surface area contributed by atoms with E-state index in [1.165, 1.54) is 24.0 Å². The first-order valence-electron chi connectivity index (χ1n) is 7.20. The molecule has 0 spiro atoms. The zero-order valence-electron chi connectivity index (χ0n) is 12.5. The molecule has 0 aliphatic carbocycles. The maximum Gasteiger partial charge on any atom is 0.124 e. The number of rotatable bonds is 9. The van der Waals surface area contributed by atoms with Gasteiger partial charge in [-0.05, 0) is 58.2 Å². The highest BCUT2D eigenvalue weighted by Crippen LogP contribution is 2.26. The zero-order valence-corrected chi connectivity index (χ0v) is 12.5. The van der Waals surface area contributed by atoms with Crippen LogP contribution in [-0.2, 0) is 0 Å². The van der Waals surface area contributed by atoms with E-state index < -0.39 is 0 Å². The lowest BCUT2D eigenvalue weighted by Gasteiger charge is -2.17. The molecule has 0 bridgehead atoms. The summed E-state index contributed by atoms with van der Waals surface area (Å²) in [5, 5.41) is 3.27. The van der Waals surface area contributed by atoms with Gasteiger partial charge in [0.1, 0.15) is 5.75 Å². The normalized spacial score (nSPS) is 12.2. The summed E-state index contributed by atoms with van der Waals surface area (Å²) in [4.78, 5) is 0. The van der Waals surface area contributed by atoms with Crippen LogP contribution >= 0.6 is 0 Å². The van der Waals surface area contributed by atoms with Crippen molar-refractivity contribution in [1.82, 2.24) is 5.32 Å². The molecule has 106 valence electrons. The Morgan fingerprint density at radius 3 is 2.79 bits per heavy atom. The molecule has 0 radical (unpaired) electrons. The molecule has 0 amide bonds.